The maximum atomic E-state index is 12.2. The first-order chi connectivity index (χ1) is 9.49. The first-order valence-corrected chi connectivity index (χ1v) is 7.57. The van der Waals surface area contributed by atoms with Crippen LogP contribution in [0, 0.1) is 12.8 Å². The molecule has 3 nitrogen and oxygen atoms in total. The van der Waals surface area contributed by atoms with E-state index in [1.807, 2.05) is 31.2 Å². The van der Waals surface area contributed by atoms with E-state index in [2.05, 4.69) is 19.2 Å². The summed E-state index contributed by atoms with van der Waals surface area (Å²) in [7, 11) is 0. The summed E-state index contributed by atoms with van der Waals surface area (Å²) >= 11 is 0. The molecule has 0 saturated carbocycles. The van der Waals surface area contributed by atoms with Crippen molar-refractivity contribution in [3.8, 4) is 0 Å². The molecule has 2 N–H and O–H groups in total. The lowest BCUT2D eigenvalue weighted by Gasteiger charge is -2.35. The van der Waals surface area contributed by atoms with Crippen molar-refractivity contribution in [3.63, 3.8) is 0 Å². The Hall–Kier alpha value is -1.35. The first-order valence-electron chi connectivity index (χ1n) is 7.57. The molecule has 0 bridgehead atoms. The van der Waals surface area contributed by atoms with Crippen LogP contribution in [0.4, 0.5) is 0 Å². The molecule has 0 amide bonds. The van der Waals surface area contributed by atoms with E-state index in [9.17, 15) is 4.79 Å². The summed E-state index contributed by atoms with van der Waals surface area (Å²) < 4.78 is 5.78. The minimum absolute atomic E-state index is 0.112. The lowest BCUT2D eigenvalue weighted by Crippen LogP contribution is -2.86. The number of benzene rings is 1. The quantitative estimate of drug-likeness (QED) is 0.853. The highest BCUT2D eigenvalue weighted by Crippen LogP contribution is 2.28. The second kappa shape index (κ2) is 6.40. The number of ether oxygens (including phenoxy) is 1. The van der Waals surface area contributed by atoms with Crippen LogP contribution in [0.5, 0.6) is 0 Å². The fourth-order valence-corrected chi connectivity index (χ4v) is 3.00. The number of quaternary nitrogens is 1. The molecule has 110 valence electrons. The minimum Gasteiger partial charge on any atom is -0.459 e. The third-order valence-corrected chi connectivity index (χ3v) is 4.39. The number of aryl methyl sites for hydroxylation is 1. The van der Waals surface area contributed by atoms with Crippen LogP contribution in [0.2, 0.25) is 0 Å². The summed E-state index contributed by atoms with van der Waals surface area (Å²) in [4.78, 5) is 12.2. The van der Waals surface area contributed by atoms with Gasteiger partial charge in [-0.15, -0.1) is 0 Å². The van der Waals surface area contributed by atoms with Gasteiger partial charge in [0, 0.05) is 18.8 Å². The summed E-state index contributed by atoms with van der Waals surface area (Å²) in [6, 6.07) is 7.99. The summed E-state index contributed by atoms with van der Waals surface area (Å²) in [6.45, 7) is 8.43. The second-order valence-corrected chi connectivity index (χ2v) is 6.32. The van der Waals surface area contributed by atoms with Crippen molar-refractivity contribution in [2.24, 2.45) is 5.92 Å². The van der Waals surface area contributed by atoms with Crippen LogP contribution in [-0.4, -0.2) is 24.7 Å². The molecule has 20 heavy (non-hydrogen) atoms. The SMILES string of the molecule is Cc1ccccc1CC(=O)OC(C)(C)C1CC[NH2+]CC1. The van der Waals surface area contributed by atoms with Crippen molar-refractivity contribution in [2.45, 2.75) is 45.6 Å². The first kappa shape index (κ1) is 15.0. The predicted molar refractivity (Wildman–Crippen MR) is 79.4 cm³/mol. The summed E-state index contributed by atoms with van der Waals surface area (Å²) in [5.41, 5.74) is 1.86. The largest absolute Gasteiger partial charge is 0.459 e. The fourth-order valence-electron chi connectivity index (χ4n) is 3.00. The Bertz CT molecular complexity index is 462. The lowest BCUT2D eigenvalue weighted by atomic mass is 9.83. The molecule has 1 aromatic carbocycles. The molecule has 2 rings (SSSR count). The van der Waals surface area contributed by atoms with E-state index in [1.165, 1.54) is 0 Å². The van der Waals surface area contributed by atoms with E-state index >= 15 is 0 Å². The van der Waals surface area contributed by atoms with E-state index in [1.54, 1.807) is 0 Å². The standard InChI is InChI=1S/C17H25NO2/c1-13-6-4-5-7-14(13)12-16(19)20-17(2,3)15-8-10-18-11-9-15/h4-7,15,18H,8-12H2,1-3H3/p+1. The molecule has 1 aromatic rings. The van der Waals surface area contributed by atoms with E-state index in [0.717, 1.165) is 37.1 Å². The van der Waals surface area contributed by atoms with Gasteiger partial charge in [0.25, 0.3) is 0 Å². The Morgan fingerprint density at radius 2 is 1.95 bits per heavy atom. The van der Waals surface area contributed by atoms with Gasteiger partial charge < -0.3 is 10.1 Å². The van der Waals surface area contributed by atoms with Crippen LogP contribution < -0.4 is 5.32 Å². The van der Waals surface area contributed by atoms with Crippen molar-refractivity contribution in [3.05, 3.63) is 35.4 Å². The van der Waals surface area contributed by atoms with Gasteiger partial charge in [-0.25, -0.2) is 0 Å². The fraction of sp³-hybridized carbons (Fsp3) is 0.588. The van der Waals surface area contributed by atoms with Gasteiger partial charge in [0.1, 0.15) is 5.60 Å². The van der Waals surface area contributed by atoms with Crippen LogP contribution in [-0.2, 0) is 16.0 Å². The van der Waals surface area contributed by atoms with Gasteiger partial charge in [0.2, 0.25) is 0 Å². The highest BCUT2D eigenvalue weighted by Gasteiger charge is 2.35. The summed E-state index contributed by atoms with van der Waals surface area (Å²) in [6.07, 6.45) is 2.63. The molecule has 1 fully saturated rings. The Morgan fingerprint density at radius 3 is 2.60 bits per heavy atom. The predicted octanol–water partition coefficient (Wildman–Crippen LogP) is 1.83. The number of hydrogen-bond donors (Lipinski definition) is 1. The molecule has 0 atom stereocenters. The maximum absolute atomic E-state index is 12.2. The van der Waals surface area contributed by atoms with E-state index in [4.69, 9.17) is 4.74 Å². The third-order valence-electron chi connectivity index (χ3n) is 4.39. The molecule has 1 heterocycles. The molecule has 0 aromatic heterocycles. The molecule has 0 spiro atoms. The molecule has 3 heteroatoms. The molecule has 1 aliphatic heterocycles. The third kappa shape index (κ3) is 3.83. The Labute approximate surface area is 121 Å². The Balaban J connectivity index is 1.94. The number of hydrogen-bond acceptors (Lipinski definition) is 2. The number of esters is 1. The van der Waals surface area contributed by atoms with Gasteiger partial charge in [-0.05, 0) is 31.9 Å². The van der Waals surface area contributed by atoms with Gasteiger partial charge in [-0.3, -0.25) is 4.79 Å². The summed E-state index contributed by atoms with van der Waals surface area (Å²) in [5.74, 6) is 0.368. The molecule has 1 aliphatic rings. The van der Waals surface area contributed by atoms with Crippen molar-refractivity contribution >= 4 is 5.97 Å². The van der Waals surface area contributed by atoms with Crippen molar-refractivity contribution in [1.29, 1.82) is 0 Å². The normalized spacial score (nSPS) is 16.9. The number of rotatable bonds is 4. The van der Waals surface area contributed by atoms with Crippen LogP contribution in [0.3, 0.4) is 0 Å². The van der Waals surface area contributed by atoms with Gasteiger partial charge in [0.15, 0.2) is 0 Å². The zero-order chi connectivity index (χ0) is 14.6. The Kier molecular flexibility index (Phi) is 4.81. The van der Waals surface area contributed by atoms with Crippen molar-refractivity contribution in [2.75, 3.05) is 13.1 Å². The molecule has 1 saturated heterocycles. The van der Waals surface area contributed by atoms with Gasteiger partial charge in [0.05, 0.1) is 19.5 Å². The molecule has 0 unspecified atom stereocenters. The molecular formula is C17H26NO2+. The van der Waals surface area contributed by atoms with E-state index in [0.29, 0.717) is 12.3 Å². The topological polar surface area (TPSA) is 42.9 Å². The number of carbonyl (C=O) groups is 1. The number of piperidine rings is 1. The van der Waals surface area contributed by atoms with Crippen molar-refractivity contribution in [1.82, 2.24) is 0 Å². The smallest absolute Gasteiger partial charge is 0.310 e. The number of nitrogens with two attached hydrogens (primary N) is 1. The van der Waals surface area contributed by atoms with Gasteiger partial charge in [-0.2, -0.15) is 0 Å². The zero-order valence-corrected chi connectivity index (χ0v) is 12.8. The molecule has 0 aliphatic carbocycles. The minimum atomic E-state index is -0.353. The monoisotopic (exact) mass is 276 g/mol. The second-order valence-electron chi connectivity index (χ2n) is 6.32. The van der Waals surface area contributed by atoms with Gasteiger partial charge in [-0.1, -0.05) is 24.3 Å². The van der Waals surface area contributed by atoms with E-state index < -0.39 is 0 Å². The van der Waals surface area contributed by atoms with Crippen LogP contribution in [0.1, 0.15) is 37.8 Å². The Morgan fingerprint density at radius 1 is 1.30 bits per heavy atom. The average molecular weight is 276 g/mol. The van der Waals surface area contributed by atoms with Gasteiger partial charge >= 0.3 is 5.97 Å². The molecule has 0 radical (unpaired) electrons. The maximum Gasteiger partial charge on any atom is 0.310 e. The zero-order valence-electron chi connectivity index (χ0n) is 12.8. The molecular weight excluding hydrogens is 250 g/mol. The lowest BCUT2D eigenvalue weighted by molar-refractivity contribution is -0.665. The van der Waals surface area contributed by atoms with Crippen LogP contribution in [0.25, 0.3) is 0 Å². The number of carbonyl (C=O) groups excluding carboxylic acids is 1. The van der Waals surface area contributed by atoms with Crippen molar-refractivity contribution < 1.29 is 14.8 Å². The summed E-state index contributed by atoms with van der Waals surface area (Å²) in [5, 5.41) is 2.34. The van der Waals surface area contributed by atoms with Crippen LogP contribution in [0.15, 0.2) is 24.3 Å². The van der Waals surface area contributed by atoms with E-state index in [-0.39, 0.29) is 11.6 Å². The highest BCUT2D eigenvalue weighted by atomic mass is 16.6. The average Bonchev–Trinajstić information content (AvgIpc) is 2.42. The van der Waals surface area contributed by atoms with Crippen LogP contribution >= 0.6 is 0 Å². The highest BCUT2D eigenvalue weighted by molar-refractivity contribution is 5.73.